The maximum Gasteiger partial charge on any atom is 0.314 e. The van der Waals surface area contributed by atoms with E-state index < -0.39 is 11.4 Å². The lowest BCUT2D eigenvalue weighted by atomic mass is 9.64. The van der Waals surface area contributed by atoms with Crippen molar-refractivity contribution in [3.8, 4) is 0 Å². The Morgan fingerprint density at radius 2 is 1.73 bits per heavy atom. The van der Waals surface area contributed by atoms with Crippen molar-refractivity contribution in [1.82, 2.24) is 0 Å². The normalized spacial score (nSPS) is 18.3. The predicted molar refractivity (Wildman–Crippen MR) is 59.1 cm³/mol. The van der Waals surface area contributed by atoms with Crippen LogP contribution in [0.2, 0.25) is 0 Å². The summed E-state index contributed by atoms with van der Waals surface area (Å²) in [6.45, 7) is 4.04. The molecular formula is C13H16O2. The Morgan fingerprint density at radius 3 is 2.07 bits per heavy atom. The predicted octanol–water partition coefficient (Wildman–Crippen LogP) is 2.81. The SMILES string of the molecule is Cc1cc(C)cc(C2(C(=O)O)CCC2)c1. The summed E-state index contributed by atoms with van der Waals surface area (Å²) in [4.78, 5) is 11.3. The van der Waals surface area contributed by atoms with E-state index in [1.54, 1.807) is 0 Å². The molecule has 0 saturated heterocycles. The summed E-state index contributed by atoms with van der Waals surface area (Å²) in [5.74, 6) is -0.668. The van der Waals surface area contributed by atoms with E-state index in [2.05, 4.69) is 6.07 Å². The number of aryl methyl sites for hydroxylation is 2. The molecule has 1 aromatic carbocycles. The summed E-state index contributed by atoms with van der Waals surface area (Å²) in [6, 6.07) is 6.11. The van der Waals surface area contributed by atoms with Crippen molar-refractivity contribution in [3.05, 3.63) is 34.9 Å². The minimum atomic E-state index is -0.668. The summed E-state index contributed by atoms with van der Waals surface area (Å²) in [5, 5.41) is 9.32. The second kappa shape index (κ2) is 3.37. The Morgan fingerprint density at radius 1 is 1.20 bits per heavy atom. The number of rotatable bonds is 2. The van der Waals surface area contributed by atoms with Crippen LogP contribution in [-0.2, 0) is 10.2 Å². The van der Waals surface area contributed by atoms with Crippen LogP contribution in [0, 0.1) is 13.8 Å². The minimum Gasteiger partial charge on any atom is -0.481 e. The van der Waals surface area contributed by atoms with Crippen LogP contribution in [0.3, 0.4) is 0 Å². The van der Waals surface area contributed by atoms with Gasteiger partial charge in [-0.05, 0) is 32.3 Å². The smallest absolute Gasteiger partial charge is 0.314 e. The van der Waals surface area contributed by atoms with Gasteiger partial charge in [-0.3, -0.25) is 4.79 Å². The van der Waals surface area contributed by atoms with Gasteiger partial charge in [0.15, 0.2) is 0 Å². The number of hydrogen-bond donors (Lipinski definition) is 1. The van der Waals surface area contributed by atoms with Crippen LogP contribution in [0.15, 0.2) is 18.2 Å². The lowest BCUT2D eigenvalue weighted by molar-refractivity contribution is -0.147. The molecule has 1 saturated carbocycles. The zero-order valence-corrected chi connectivity index (χ0v) is 9.21. The molecule has 1 aromatic rings. The van der Waals surface area contributed by atoms with Gasteiger partial charge in [-0.2, -0.15) is 0 Å². The molecule has 1 fully saturated rings. The molecule has 0 bridgehead atoms. The standard InChI is InChI=1S/C13H16O2/c1-9-6-10(2)8-11(7-9)13(12(14)15)4-3-5-13/h6-8H,3-5H2,1-2H3,(H,14,15). The second-order valence-electron chi connectivity index (χ2n) is 4.62. The monoisotopic (exact) mass is 204 g/mol. The van der Waals surface area contributed by atoms with Gasteiger partial charge < -0.3 is 5.11 Å². The number of carbonyl (C=O) groups is 1. The quantitative estimate of drug-likeness (QED) is 0.804. The molecule has 0 radical (unpaired) electrons. The summed E-state index contributed by atoms with van der Waals surface area (Å²) < 4.78 is 0. The van der Waals surface area contributed by atoms with E-state index in [1.165, 1.54) is 0 Å². The first-order chi connectivity index (χ1) is 7.04. The molecule has 0 spiro atoms. The Kier molecular flexibility index (Phi) is 2.29. The Balaban J connectivity index is 2.47. The average Bonchev–Trinajstić information content (AvgIpc) is 1.97. The summed E-state index contributed by atoms with van der Waals surface area (Å²) in [6.07, 6.45) is 2.59. The first-order valence-electron chi connectivity index (χ1n) is 5.37. The van der Waals surface area contributed by atoms with Gasteiger partial charge in [0.05, 0.1) is 5.41 Å². The molecule has 1 aliphatic carbocycles. The number of carboxylic acid groups (broad SMARTS) is 1. The van der Waals surface area contributed by atoms with Crippen molar-refractivity contribution in [2.75, 3.05) is 0 Å². The number of aliphatic carboxylic acids is 1. The van der Waals surface area contributed by atoms with Crippen molar-refractivity contribution < 1.29 is 9.90 Å². The van der Waals surface area contributed by atoms with Crippen molar-refractivity contribution in [2.45, 2.75) is 38.5 Å². The van der Waals surface area contributed by atoms with E-state index in [9.17, 15) is 9.90 Å². The summed E-state index contributed by atoms with van der Waals surface area (Å²) in [5.41, 5.74) is 2.70. The number of hydrogen-bond acceptors (Lipinski definition) is 1. The summed E-state index contributed by atoms with van der Waals surface area (Å²) >= 11 is 0. The van der Waals surface area contributed by atoms with E-state index in [0.717, 1.165) is 36.0 Å². The molecule has 2 heteroatoms. The number of benzene rings is 1. The van der Waals surface area contributed by atoms with Gasteiger partial charge in [0, 0.05) is 0 Å². The molecule has 0 heterocycles. The highest BCUT2D eigenvalue weighted by Crippen LogP contribution is 2.44. The lowest BCUT2D eigenvalue weighted by Gasteiger charge is -2.38. The van der Waals surface area contributed by atoms with Gasteiger partial charge in [0.2, 0.25) is 0 Å². The van der Waals surface area contributed by atoms with Gasteiger partial charge in [-0.25, -0.2) is 0 Å². The molecule has 15 heavy (non-hydrogen) atoms. The van der Waals surface area contributed by atoms with Gasteiger partial charge >= 0.3 is 5.97 Å². The zero-order chi connectivity index (χ0) is 11.1. The maximum atomic E-state index is 11.3. The molecule has 2 rings (SSSR count). The van der Waals surface area contributed by atoms with E-state index >= 15 is 0 Å². The van der Waals surface area contributed by atoms with Crippen molar-refractivity contribution in [2.24, 2.45) is 0 Å². The fourth-order valence-electron chi connectivity index (χ4n) is 2.41. The van der Waals surface area contributed by atoms with Crippen LogP contribution < -0.4 is 0 Å². The molecule has 0 unspecified atom stereocenters. The van der Waals surface area contributed by atoms with E-state index in [1.807, 2.05) is 26.0 Å². The molecule has 2 nitrogen and oxygen atoms in total. The van der Waals surface area contributed by atoms with Crippen LogP contribution in [0.1, 0.15) is 36.0 Å². The summed E-state index contributed by atoms with van der Waals surface area (Å²) in [7, 11) is 0. The number of carboxylic acids is 1. The van der Waals surface area contributed by atoms with Crippen LogP contribution >= 0.6 is 0 Å². The van der Waals surface area contributed by atoms with Crippen LogP contribution in [0.5, 0.6) is 0 Å². The van der Waals surface area contributed by atoms with Gasteiger partial charge in [-0.1, -0.05) is 35.7 Å². The highest BCUT2D eigenvalue weighted by molar-refractivity contribution is 5.82. The molecule has 80 valence electrons. The van der Waals surface area contributed by atoms with Crippen molar-refractivity contribution in [1.29, 1.82) is 0 Å². The topological polar surface area (TPSA) is 37.3 Å². The van der Waals surface area contributed by atoms with Crippen LogP contribution in [-0.4, -0.2) is 11.1 Å². The van der Waals surface area contributed by atoms with Gasteiger partial charge in [0.25, 0.3) is 0 Å². The van der Waals surface area contributed by atoms with E-state index in [4.69, 9.17) is 0 Å². The Labute approximate surface area is 89.9 Å². The van der Waals surface area contributed by atoms with Crippen LogP contribution in [0.25, 0.3) is 0 Å². The third kappa shape index (κ3) is 1.54. The average molecular weight is 204 g/mol. The first kappa shape index (κ1) is 10.2. The van der Waals surface area contributed by atoms with E-state index in [0.29, 0.717) is 0 Å². The van der Waals surface area contributed by atoms with Crippen LogP contribution in [0.4, 0.5) is 0 Å². The molecule has 1 aliphatic rings. The Hall–Kier alpha value is -1.31. The van der Waals surface area contributed by atoms with Crippen molar-refractivity contribution >= 4 is 5.97 Å². The molecule has 0 atom stereocenters. The highest BCUT2D eigenvalue weighted by Gasteiger charge is 2.45. The molecule has 1 N–H and O–H groups in total. The first-order valence-corrected chi connectivity index (χ1v) is 5.37. The minimum absolute atomic E-state index is 0.587. The largest absolute Gasteiger partial charge is 0.481 e. The fourth-order valence-corrected chi connectivity index (χ4v) is 2.41. The van der Waals surface area contributed by atoms with Crippen molar-refractivity contribution in [3.63, 3.8) is 0 Å². The molecule has 0 aliphatic heterocycles. The van der Waals surface area contributed by atoms with E-state index in [-0.39, 0.29) is 0 Å². The molecule has 0 amide bonds. The molecule has 0 aromatic heterocycles. The highest BCUT2D eigenvalue weighted by atomic mass is 16.4. The Bertz CT molecular complexity index is 383. The third-order valence-electron chi connectivity index (χ3n) is 3.39. The van der Waals surface area contributed by atoms with Gasteiger partial charge in [0.1, 0.15) is 0 Å². The maximum absolute atomic E-state index is 11.3. The third-order valence-corrected chi connectivity index (χ3v) is 3.39. The second-order valence-corrected chi connectivity index (χ2v) is 4.62. The zero-order valence-electron chi connectivity index (χ0n) is 9.21. The fraction of sp³-hybridized carbons (Fsp3) is 0.462. The van der Waals surface area contributed by atoms with Gasteiger partial charge in [-0.15, -0.1) is 0 Å². The lowest BCUT2D eigenvalue weighted by Crippen LogP contribution is -2.42. The molecular weight excluding hydrogens is 188 g/mol.